The summed E-state index contributed by atoms with van der Waals surface area (Å²) < 4.78 is 7.66. The van der Waals surface area contributed by atoms with E-state index in [0.29, 0.717) is 5.75 Å². The number of carbonyl (C=O) groups excluding carboxylic acids is 1. The van der Waals surface area contributed by atoms with Gasteiger partial charge < -0.3 is 14.6 Å². The number of nitrogens with one attached hydrogen (secondary N) is 1. The smallest absolute Gasteiger partial charge is 0.258 e. The lowest BCUT2D eigenvalue weighted by Gasteiger charge is -2.20. The molecule has 1 aromatic heterocycles. The highest BCUT2D eigenvalue weighted by molar-refractivity contribution is 5.77. The molecule has 1 aliphatic rings. The van der Waals surface area contributed by atoms with Crippen LogP contribution in [0, 0.1) is 0 Å². The number of nitrogens with zero attached hydrogens (tertiary/aromatic N) is 4. The van der Waals surface area contributed by atoms with Crippen LogP contribution in [0.2, 0.25) is 0 Å². The quantitative estimate of drug-likeness (QED) is 0.743. The van der Waals surface area contributed by atoms with E-state index in [2.05, 4.69) is 44.9 Å². The SMILES string of the molecule is CC=C(C)CN1CCc2nnc(C(C)NC(=O)COc3ccccc3)n2CC1. The van der Waals surface area contributed by atoms with Crippen LogP contribution in [0.25, 0.3) is 0 Å². The van der Waals surface area contributed by atoms with Gasteiger partial charge in [-0.25, -0.2) is 0 Å². The number of carbonyl (C=O) groups is 1. The summed E-state index contributed by atoms with van der Waals surface area (Å²) in [6.45, 7) is 9.87. The van der Waals surface area contributed by atoms with Crippen LogP contribution in [0.1, 0.15) is 38.5 Å². The second-order valence-corrected chi connectivity index (χ2v) is 7.18. The number of fused-ring (bicyclic) bond motifs is 1. The fourth-order valence-electron chi connectivity index (χ4n) is 3.32. The van der Waals surface area contributed by atoms with Gasteiger partial charge in [0.1, 0.15) is 11.6 Å². The van der Waals surface area contributed by atoms with Crippen molar-refractivity contribution in [2.45, 2.75) is 39.8 Å². The third-order valence-electron chi connectivity index (χ3n) is 4.99. The zero-order valence-electron chi connectivity index (χ0n) is 16.9. The van der Waals surface area contributed by atoms with Crippen molar-refractivity contribution in [2.75, 3.05) is 26.2 Å². The van der Waals surface area contributed by atoms with Gasteiger partial charge in [-0.2, -0.15) is 0 Å². The minimum absolute atomic E-state index is 0.0221. The zero-order chi connectivity index (χ0) is 19.9. The van der Waals surface area contributed by atoms with E-state index >= 15 is 0 Å². The maximum atomic E-state index is 12.3. The second-order valence-electron chi connectivity index (χ2n) is 7.18. The Bertz CT molecular complexity index is 815. The van der Waals surface area contributed by atoms with Crippen LogP contribution < -0.4 is 10.1 Å². The minimum Gasteiger partial charge on any atom is -0.484 e. The molecule has 0 aliphatic carbocycles. The average molecular weight is 383 g/mol. The lowest BCUT2D eigenvalue weighted by atomic mass is 10.2. The molecule has 1 amide bonds. The van der Waals surface area contributed by atoms with E-state index in [0.717, 1.165) is 44.2 Å². The molecule has 1 unspecified atom stereocenters. The Labute approximate surface area is 166 Å². The number of para-hydroxylation sites is 1. The largest absolute Gasteiger partial charge is 0.484 e. The van der Waals surface area contributed by atoms with Gasteiger partial charge in [0.2, 0.25) is 0 Å². The van der Waals surface area contributed by atoms with Crippen LogP contribution in [-0.4, -0.2) is 51.8 Å². The molecule has 0 saturated carbocycles. The molecule has 1 aliphatic heterocycles. The average Bonchev–Trinajstić information content (AvgIpc) is 3.02. The number of ether oxygens (including phenoxy) is 1. The molecule has 1 atom stereocenters. The van der Waals surface area contributed by atoms with Crippen LogP contribution >= 0.6 is 0 Å². The molecule has 7 heteroatoms. The van der Waals surface area contributed by atoms with Gasteiger partial charge in [-0.1, -0.05) is 29.8 Å². The fraction of sp³-hybridized carbons (Fsp3) is 0.476. The number of benzene rings is 1. The van der Waals surface area contributed by atoms with Crippen molar-refractivity contribution in [3.8, 4) is 5.75 Å². The number of amides is 1. The van der Waals surface area contributed by atoms with Crippen LogP contribution in [0.4, 0.5) is 0 Å². The first-order valence-corrected chi connectivity index (χ1v) is 9.80. The molecule has 0 radical (unpaired) electrons. The molecule has 0 fully saturated rings. The van der Waals surface area contributed by atoms with Crippen LogP contribution in [0.15, 0.2) is 42.0 Å². The summed E-state index contributed by atoms with van der Waals surface area (Å²) in [4.78, 5) is 14.7. The molecule has 3 rings (SSSR count). The van der Waals surface area contributed by atoms with E-state index in [9.17, 15) is 4.79 Å². The summed E-state index contributed by atoms with van der Waals surface area (Å²) in [5.74, 6) is 2.29. The van der Waals surface area contributed by atoms with Crippen molar-refractivity contribution in [3.05, 3.63) is 53.6 Å². The highest BCUT2D eigenvalue weighted by Crippen LogP contribution is 2.16. The summed E-state index contributed by atoms with van der Waals surface area (Å²) >= 11 is 0. The van der Waals surface area contributed by atoms with E-state index in [1.54, 1.807) is 0 Å². The summed E-state index contributed by atoms with van der Waals surface area (Å²) in [5, 5.41) is 11.7. The summed E-state index contributed by atoms with van der Waals surface area (Å²) in [6, 6.07) is 9.10. The molecule has 0 bridgehead atoms. The number of allylic oxidation sites excluding steroid dienone is 1. The van der Waals surface area contributed by atoms with Crippen LogP contribution in [-0.2, 0) is 17.8 Å². The van der Waals surface area contributed by atoms with Crippen molar-refractivity contribution in [1.82, 2.24) is 25.0 Å². The number of hydrogen-bond acceptors (Lipinski definition) is 5. The Balaban J connectivity index is 1.56. The summed E-state index contributed by atoms with van der Waals surface area (Å²) in [6.07, 6.45) is 3.02. The molecule has 2 heterocycles. The summed E-state index contributed by atoms with van der Waals surface area (Å²) in [5.41, 5.74) is 1.37. The molecular formula is C21H29N5O2. The van der Waals surface area contributed by atoms with Crippen molar-refractivity contribution in [3.63, 3.8) is 0 Å². The fourth-order valence-corrected chi connectivity index (χ4v) is 3.32. The number of aromatic nitrogens is 3. The van der Waals surface area contributed by atoms with Crippen molar-refractivity contribution in [1.29, 1.82) is 0 Å². The van der Waals surface area contributed by atoms with Crippen LogP contribution in [0.5, 0.6) is 5.75 Å². The molecule has 28 heavy (non-hydrogen) atoms. The van der Waals surface area contributed by atoms with Gasteiger partial charge in [-0.3, -0.25) is 9.69 Å². The van der Waals surface area contributed by atoms with Gasteiger partial charge in [0.15, 0.2) is 12.4 Å². The normalized spacial score (nSPS) is 16.2. The van der Waals surface area contributed by atoms with E-state index in [1.807, 2.05) is 37.3 Å². The minimum atomic E-state index is -0.225. The Hall–Kier alpha value is -2.67. The number of hydrogen-bond donors (Lipinski definition) is 1. The Morgan fingerprint density at radius 2 is 2.04 bits per heavy atom. The van der Waals surface area contributed by atoms with E-state index in [4.69, 9.17) is 4.74 Å². The lowest BCUT2D eigenvalue weighted by molar-refractivity contribution is -0.123. The Morgan fingerprint density at radius 1 is 1.25 bits per heavy atom. The van der Waals surface area contributed by atoms with E-state index in [1.165, 1.54) is 5.57 Å². The van der Waals surface area contributed by atoms with Crippen molar-refractivity contribution >= 4 is 5.91 Å². The monoisotopic (exact) mass is 383 g/mol. The first-order chi connectivity index (χ1) is 13.6. The molecule has 0 spiro atoms. The molecule has 1 aromatic carbocycles. The Kier molecular flexibility index (Phi) is 6.81. The molecule has 1 N–H and O–H groups in total. The first-order valence-electron chi connectivity index (χ1n) is 9.80. The topological polar surface area (TPSA) is 72.3 Å². The first kappa shape index (κ1) is 20.1. The van der Waals surface area contributed by atoms with Gasteiger partial charge in [0.05, 0.1) is 6.04 Å². The Morgan fingerprint density at radius 3 is 2.79 bits per heavy atom. The number of rotatable bonds is 7. The highest BCUT2D eigenvalue weighted by Gasteiger charge is 2.22. The third kappa shape index (κ3) is 5.19. The highest BCUT2D eigenvalue weighted by atomic mass is 16.5. The van der Waals surface area contributed by atoms with Gasteiger partial charge in [-0.15, -0.1) is 10.2 Å². The summed E-state index contributed by atoms with van der Waals surface area (Å²) in [7, 11) is 0. The predicted molar refractivity (Wildman–Crippen MR) is 108 cm³/mol. The lowest BCUT2D eigenvalue weighted by Crippen LogP contribution is -2.33. The maximum absolute atomic E-state index is 12.3. The third-order valence-corrected chi connectivity index (χ3v) is 4.99. The van der Waals surface area contributed by atoms with Gasteiger partial charge in [0.25, 0.3) is 5.91 Å². The molecule has 7 nitrogen and oxygen atoms in total. The van der Waals surface area contributed by atoms with Gasteiger partial charge >= 0.3 is 0 Å². The van der Waals surface area contributed by atoms with Gasteiger partial charge in [0, 0.05) is 32.6 Å². The predicted octanol–water partition coefficient (Wildman–Crippen LogP) is 2.36. The second kappa shape index (κ2) is 9.50. The standard InChI is InChI=1S/C21H29N5O2/c1-4-16(2)14-25-11-10-19-23-24-21(26(19)13-12-25)17(3)22-20(27)15-28-18-8-6-5-7-9-18/h4-9,17H,10-15H2,1-3H3,(H,22,27). The molecule has 0 saturated heterocycles. The molecular weight excluding hydrogens is 354 g/mol. The van der Waals surface area contributed by atoms with E-state index in [-0.39, 0.29) is 18.6 Å². The maximum Gasteiger partial charge on any atom is 0.258 e. The van der Waals surface area contributed by atoms with Crippen LogP contribution in [0.3, 0.4) is 0 Å². The van der Waals surface area contributed by atoms with E-state index < -0.39 is 0 Å². The molecule has 2 aromatic rings. The van der Waals surface area contributed by atoms with Crippen molar-refractivity contribution < 1.29 is 9.53 Å². The zero-order valence-corrected chi connectivity index (χ0v) is 16.9. The van der Waals surface area contributed by atoms with Crippen molar-refractivity contribution in [2.24, 2.45) is 0 Å². The molecule has 150 valence electrons. The van der Waals surface area contributed by atoms with Gasteiger partial charge in [-0.05, 0) is 32.9 Å².